The summed E-state index contributed by atoms with van der Waals surface area (Å²) < 4.78 is 18.2. The van der Waals surface area contributed by atoms with E-state index >= 15 is 0 Å². The first-order chi connectivity index (χ1) is 16.7. The van der Waals surface area contributed by atoms with Crippen LogP contribution in [0.2, 0.25) is 0 Å². The third kappa shape index (κ3) is 5.20. The normalized spacial score (nSPS) is 11.1. The largest absolute Gasteiger partial charge is 0.465 e. The van der Waals surface area contributed by atoms with Crippen molar-refractivity contribution in [2.24, 2.45) is 0 Å². The molecule has 0 aliphatic carbocycles. The quantitative estimate of drug-likeness (QED) is 0.258. The summed E-state index contributed by atoms with van der Waals surface area (Å²) >= 11 is 0. The number of carbonyl (C=O) groups is 1. The van der Waals surface area contributed by atoms with Gasteiger partial charge in [0.2, 0.25) is 0 Å². The Hall–Kier alpha value is -3.45. The minimum absolute atomic E-state index is 0.00967. The van der Waals surface area contributed by atoms with Gasteiger partial charge in [0.05, 0.1) is 51.4 Å². The zero-order chi connectivity index (χ0) is 23.8. The van der Waals surface area contributed by atoms with Crippen molar-refractivity contribution < 1.29 is 24.1 Å². The number of methoxy groups -OCH3 is 1. The lowest BCUT2D eigenvalue weighted by Gasteiger charge is -2.14. The molecule has 1 heterocycles. The van der Waals surface area contributed by atoms with Gasteiger partial charge >= 0.3 is 5.97 Å². The number of aliphatic hydroxyl groups is 1. The van der Waals surface area contributed by atoms with E-state index in [0.717, 1.165) is 33.3 Å². The van der Waals surface area contributed by atoms with E-state index in [-0.39, 0.29) is 12.6 Å². The maximum atomic E-state index is 12.0. The van der Waals surface area contributed by atoms with Gasteiger partial charge in [0, 0.05) is 23.0 Å². The van der Waals surface area contributed by atoms with Gasteiger partial charge in [0.25, 0.3) is 0 Å². The van der Waals surface area contributed by atoms with Crippen LogP contribution in [0.3, 0.4) is 0 Å². The predicted molar refractivity (Wildman–Crippen MR) is 133 cm³/mol. The van der Waals surface area contributed by atoms with Gasteiger partial charge in [0.1, 0.15) is 0 Å². The van der Waals surface area contributed by atoms with Gasteiger partial charge in [-0.2, -0.15) is 0 Å². The van der Waals surface area contributed by atoms with Gasteiger partial charge < -0.3 is 23.9 Å². The molecule has 1 N–H and O–H groups in total. The lowest BCUT2D eigenvalue weighted by atomic mass is 9.98. The number of aromatic nitrogens is 1. The van der Waals surface area contributed by atoms with E-state index in [1.54, 1.807) is 12.1 Å². The van der Waals surface area contributed by atoms with E-state index in [4.69, 9.17) is 19.3 Å². The molecule has 1 aromatic heterocycles. The molecule has 0 saturated carbocycles. The number of rotatable bonds is 11. The molecule has 0 radical (unpaired) electrons. The van der Waals surface area contributed by atoms with Crippen LogP contribution in [0.15, 0.2) is 78.9 Å². The molecule has 176 valence electrons. The molecule has 34 heavy (non-hydrogen) atoms. The number of nitrogens with zero attached hydrogens (tertiary/aromatic N) is 1. The monoisotopic (exact) mass is 459 g/mol. The number of hydrogen-bond acceptors (Lipinski definition) is 5. The minimum Gasteiger partial charge on any atom is -0.465 e. The highest BCUT2D eigenvalue weighted by Crippen LogP contribution is 2.41. The topological polar surface area (TPSA) is 69.9 Å². The van der Waals surface area contributed by atoms with Crippen molar-refractivity contribution in [2.45, 2.75) is 6.54 Å². The zero-order valence-corrected chi connectivity index (χ0v) is 19.3. The molecule has 0 bridgehead atoms. The van der Waals surface area contributed by atoms with Crippen LogP contribution in [0.25, 0.3) is 33.3 Å². The first kappa shape index (κ1) is 23.7. The van der Waals surface area contributed by atoms with Crippen molar-refractivity contribution in [3.63, 3.8) is 0 Å². The molecule has 0 amide bonds. The Morgan fingerprint density at radius 3 is 2.18 bits per heavy atom. The van der Waals surface area contributed by atoms with Crippen LogP contribution in [0.1, 0.15) is 10.4 Å². The molecule has 0 fully saturated rings. The smallest absolute Gasteiger partial charge is 0.337 e. The highest BCUT2D eigenvalue weighted by molar-refractivity contribution is 6.04. The van der Waals surface area contributed by atoms with Gasteiger partial charge in [-0.1, -0.05) is 60.7 Å². The third-order valence-corrected chi connectivity index (χ3v) is 5.68. The van der Waals surface area contributed by atoms with Gasteiger partial charge in [-0.3, -0.25) is 0 Å². The molecule has 6 heteroatoms. The Morgan fingerprint density at radius 2 is 1.47 bits per heavy atom. The summed E-state index contributed by atoms with van der Waals surface area (Å²) in [6.07, 6.45) is 0. The fraction of sp³-hybridized carbons (Fsp3) is 0.250. The molecule has 0 unspecified atom stereocenters. The average Bonchev–Trinajstić information content (AvgIpc) is 3.22. The lowest BCUT2D eigenvalue weighted by molar-refractivity contribution is 0.0312. The van der Waals surface area contributed by atoms with Crippen molar-refractivity contribution >= 4 is 16.9 Å². The van der Waals surface area contributed by atoms with Crippen LogP contribution >= 0.6 is 0 Å². The van der Waals surface area contributed by atoms with Gasteiger partial charge in [0.15, 0.2) is 0 Å². The van der Waals surface area contributed by atoms with Crippen molar-refractivity contribution in [3.05, 3.63) is 84.4 Å². The van der Waals surface area contributed by atoms with Crippen molar-refractivity contribution in [2.75, 3.05) is 40.1 Å². The molecule has 3 aromatic carbocycles. The van der Waals surface area contributed by atoms with E-state index in [0.29, 0.717) is 38.5 Å². The molecule has 0 saturated heterocycles. The standard InChI is InChI=1S/C28H29NO5/c1-32-28(31)23-13-11-22(12-14-23)27-26(21-7-3-2-4-8-21)24-9-5-6-10-25(24)29(27)15-17-33-19-20-34-18-16-30/h2-14,30H,15-20H2,1H3. The Morgan fingerprint density at radius 1 is 0.794 bits per heavy atom. The SMILES string of the molecule is COC(=O)c1ccc(-c2c(-c3ccccc3)c3ccccc3n2CCOCCOCCO)cc1. The number of hydrogen-bond donors (Lipinski definition) is 1. The summed E-state index contributed by atoms with van der Waals surface area (Å²) in [5.74, 6) is -0.354. The summed E-state index contributed by atoms with van der Waals surface area (Å²) in [4.78, 5) is 12.0. The van der Waals surface area contributed by atoms with Gasteiger partial charge in [-0.05, 0) is 29.3 Å². The number of ether oxygens (including phenoxy) is 3. The zero-order valence-electron chi connectivity index (χ0n) is 19.3. The fourth-order valence-electron chi connectivity index (χ4n) is 4.16. The average molecular weight is 460 g/mol. The first-order valence-electron chi connectivity index (χ1n) is 11.4. The molecule has 0 aliphatic heterocycles. The highest BCUT2D eigenvalue weighted by Gasteiger charge is 2.20. The summed E-state index contributed by atoms with van der Waals surface area (Å²) in [6.45, 7) is 2.41. The van der Waals surface area contributed by atoms with Crippen LogP contribution in [-0.2, 0) is 20.8 Å². The van der Waals surface area contributed by atoms with E-state index in [9.17, 15) is 4.79 Å². The Kier molecular flexibility index (Phi) is 8.09. The number of aliphatic hydroxyl groups excluding tert-OH is 1. The van der Waals surface area contributed by atoms with Gasteiger partial charge in [-0.25, -0.2) is 4.79 Å². The second kappa shape index (κ2) is 11.6. The minimum atomic E-state index is -0.354. The molecule has 4 aromatic rings. The van der Waals surface area contributed by atoms with Crippen LogP contribution in [0, 0.1) is 0 Å². The molecule has 0 atom stereocenters. The number of carbonyl (C=O) groups excluding carboxylic acids is 1. The van der Waals surface area contributed by atoms with E-state index < -0.39 is 0 Å². The van der Waals surface area contributed by atoms with Crippen LogP contribution in [0.5, 0.6) is 0 Å². The van der Waals surface area contributed by atoms with E-state index in [2.05, 4.69) is 34.9 Å². The van der Waals surface area contributed by atoms with Crippen LogP contribution in [0.4, 0.5) is 0 Å². The second-order valence-electron chi connectivity index (χ2n) is 7.78. The number of benzene rings is 3. The molecular formula is C28H29NO5. The van der Waals surface area contributed by atoms with Gasteiger partial charge in [-0.15, -0.1) is 0 Å². The first-order valence-corrected chi connectivity index (χ1v) is 11.4. The molecule has 4 rings (SSSR count). The molecule has 0 spiro atoms. The summed E-state index contributed by atoms with van der Waals surface area (Å²) in [6, 6.07) is 26.2. The van der Waals surface area contributed by atoms with Crippen LogP contribution in [-0.4, -0.2) is 55.8 Å². The third-order valence-electron chi connectivity index (χ3n) is 5.68. The Balaban J connectivity index is 1.75. The Labute approximate surface area is 199 Å². The highest BCUT2D eigenvalue weighted by atomic mass is 16.5. The van der Waals surface area contributed by atoms with Crippen molar-refractivity contribution in [1.82, 2.24) is 4.57 Å². The second-order valence-corrected chi connectivity index (χ2v) is 7.78. The summed E-state index contributed by atoms with van der Waals surface area (Å²) in [5.41, 5.74) is 5.99. The Bertz CT molecular complexity index is 1220. The maximum Gasteiger partial charge on any atom is 0.337 e. The van der Waals surface area contributed by atoms with Crippen molar-refractivity contribution in [3.8, 4) is 22.4 Å². The van der Waals surface area contributed by atoms with Crippen LogP contribution < -0.4 is 0 Å². The molecule has 0 aliphatic rings. The number of para-hydroxylation sites is 1. The molecule has 6 nitrogen and oxygen atoms in total. The summed E-state index contributed by atoms with van der Waals surface area (Å²) in [7, 11) is 1.39. The lowest BCUT2D eigenvalue weighted by Crippen LogP contribution is -2.12. The maximum absolute atomic E-state index is 12.0. The van der Waals surface area contributed by atoms with E-state index in [1.165, 1.54) is 7.11 Å². The fourth-order valence-corrected chi connectivity index (χ4v) is 4.16. The van der Waals surface area contributed by atoms with E-state index in [1.807, 2.05) is 36.4 Å². The van der Waals surface area contributed by atoms with Crippen molar-refractivity contribution in [1.29, 1.82) is 0 Å². The number of esters is 1. The molecular weight excluding hydrogens is 430 g/mol. The number of fused-ring (bicyclic) bond motifs is 1. The predicted octanol–water partition coefficient (Wildman–Crippen LogP) is 4.79. The summed E-state index contributed by atoms with van der Waals surface area (Å²) in [5, 5.41) is 9.98.